The van der Waals surface area contributed by atoms with Crippen LogP contribution in [0.4, 0.5) is 0 Å². The predicted molar refractivity (Wildman–Crippen MR) is 206 cm³/mol. The SMILES string of the molecule is C=CCC[Si](Oc1cccc2c1C=CC2[Si](C)(C)C1C=Cc2c(O[Si](CCC=C)(C(C)C)C(C)C)cccc21)(C(C)C)C(C)C. The van der Waals surface area contributed by atoms with Gasteiger partial charge in [-0.1, -0.05) is 129 Å². The van der Waals surface area contributed by atoms with Crippen LogP contribution >= 0.6 is 0 Å². The minimum atomic E-state index is -2.07. The van der Waals surface area contributed by atoms with Crippen molar-refractivity contribution in [1.29, 1.82) is 0 Å². The van der Waals surface area contributed by atoms with Gasteiger partial charge in [-0.3, -0.25) is 0 Å². The fraction of sp³-hybridized carbons (Fsp3) is 0.500. The minimum Gasteiger partial charge on any atom is -0.543 e. The van der Waals surface area contributed by atoms with Crippen molar-refractivity contribution in [2.24, 2.45) is 0 Å². The van der Waals surface area contributed by atoms with E-state index in [2.05, 4.69) is 154 Å². The van der Waals surface area contributed by atoms with Crippen LogP contribution in [0.5, 0.6) is 11.5 Å². The number of hydrogen-bond acceptors (Lipinski definition) is 2. The van der Waals surface area contributed by atoms with Crippen LogP contribution in [0.25, 0.3) is 12.2 Å². The van der Waals surface area contributed by atoms with Gasteiger partial charge in [-0.15, -0.1) is 13.2 Å². The highest BCUT2D eigenvalue weighted by Crippen LogP contribution is 2.51. The molecule has 0 saturated heterocycles. The van der Waals surface area contributed by atoms with E-state index in [0.717, 1.165) is 36.4 Å². The second-order valence-electron chi connectivity index (χ2n) is 15.4. The Kier molecular flexibility index (Phi) is 11.2. The number of benzene rings is 2. The Balaban J connectivity index is 1.68. The Morgan fingerprint density at radius 2 is 0.978 bits per heavy atom. The first kappa shape index (κ1) is 35.5. The van der Waals surface area contributed by atoms with Gasteiger partial charge in [-0.25, -0.2) is 0 Å². The third kappa shape index (κ3) is 6.59. The molecule has 0 amide bonds. The smallest absolute Gasteiger partial charge is 0.256 e. The van der Waals surface area contributed by atoms with Gasteiger partial charge in [0.2, 0.25) is 0 Å². The summed E-state index contributed by atoms with van der Waals surface area (Å²) >= 11 is 0. The van der Waals surface area contributed by atoms with Crippen molar-refractivity contribution >= 4 is 36.9 Å². The van der Waals surface area contributed by atoms with Gasteiger partial charge < -0.3 is 8.85 Å². The van der Waals surface area contributed by atoms with Gasteiger partial charge in [0.15, 0.2) is 0 Å². The van der Waals surface area contributed by atoms with Crippen LogP contribution in [0.3, 0.4) is 0 Å². The molecule has 244 valence electrons. The van der Waals surface area contributed by atoms with E-state index in [1.807, 2.05) is 0 Å². The summed E-state index contributed by atoms with van der Waals surface area (Å²) in [6.45, 7) is 32.1. The maximum absolute atomic E-state index is 7.26. The van der Waals surface area contributed by atoms with Crippen LogP contribution in [-0.2, 0) is 0 Å². The van der Waals surface area contributed by atoms with Gasteiger partial charge >= 0.3 is 0 Å². The van der Waals surface area contributed by atoms with Crippen LogP contribution in [0, 0.1) is 0 Å². The average molecular weight is 657 g/mol. The third-order valence-corrected chi connectivity index (χ3v) is 26.7. The maximum atomic E-state index is 7.26. The van der Waals surface area contributed by atoms with Crippen molar-refractivity contribution in [2.75, 3.05) is 0 Å². The Morgan fingerprint density at radius 1 is 0.622 bits per heavy atom. The summed E-state index contributed by atoms with van der Waals surface area (Å²) in [5.41, 5.74) is 8.50. The molecule has 2 atom stereocenters. The van der Waals surface area contributed by atoms with E-state index in [1.54, 1.807) is 0 Å². The van der Waals surface area contributed by atoms with Crippen LogP contribution < -0.4 is 8.85 Å². The molecule has 2 nitrogen and oxygen atoms in total. The van der Waals surface area contributed by atoms with Gasteiger partial charge in [0.05, 0.1) is 8.07 Å². The van der Waals surface area contributed by atoms with Crippen LogP contribution in [-0.4, -0.2) is 24.7 Å². The van der Waals surface area contributed by atoms with Crippen molar-refractivity contribution < 1.29 is 8.85 Å². The van der Waals surface area contributed by atoms with Gasteiger partial charge in [0, 0.05) is 11.1 Å². The molecular weight excluding hydrogens is 597 g/mol. The lowest BCUT2D eigenvalue weighted by Crippen LogP contribution is -2.48. The Morgan fingerprint density at radius 3 is 1.29 bits per heavy atom. The molecule has 0 spiro atoms. The second-order valence-corrected chi connectivity index (χ2v) is 30.1. The standard InChI is InChI=1S/C40H60O2Si3/c1-13-15-27-44(29(3)4,30(5)6)41-37-21-17-19-35-33(37)23-25-39(35)43(11,12)40-26-24-34-36(40)20-18-22-38(34)42-45(31(7)8,32(9)10)28-16-14-2/h13-14,17-26,29-32,39-40H,1-2,15-16,27-28H2,3-12H3. The van der Waals surface area contributed by atoms with Gasteiger partial charge in [0.25, 0.3) is 16.6 Å². The molecule has 2 aliphatic carbocycles. The quantitative estimate of drug-likeness (QED) is 0.132. The molecule has 0 saturated carbocycles. The molecule has 0 aromatic heterocycles. The number of rotatable bonds is 16. The molecule has 45 heavy (non-hydrogen) atoms. The van der Waals surface area contributed by atoms with E-state index in [-0.39, 0.29) is 0 Å². The molecule has 4 rings (SSSR count). The zero-order valence-corrected chi connectivity index (χ0v) is 33.0. The fourth-order valence-electron chi connectivity index (χ4n) is 8.41. The Bertz CT molecular complexity index is 1290. The first-order chi connectivity index (χ1) is 21.3. The van der Waals surface area contributed by atoms with Crippen molar-refractivity contribution in [2.45, 2.75) is 127 Å². The van der Waals surface area contributed by atoms with E-state index in [1.165, 1.54) is 22.3 Å². The van der Waals surface area contributed by atoms with E-state index >= 15 is 0 Å². The highest BCUT2D eigenvalue weighted by Gasteiger charge is 2.47. The molecule has 0 heterocycles. The molecule has 0 N–H and O–H groups in total. The zero-order chi connectivity index (χ0) is 33.2. The highest BCUT2D eigenvalue weighted by atomic mass is 28.4. The molecule has 2 aromatic rings. The Hall–Kier alpha value is -2.35. The third-order valence-electron chi connectivity index (χ3n) is 11.4. The first-order valence-electron chi connectivity index (χ1n) is 17.5. The summed E-state index contributed by atoms with van der Waals surface area (Å²) < 4.78 is 14.5. The molecular formula is C40H60O2Si3. The summed E-state index contributed by atoms with van der Waals surface area (Å²) in [6.07, 6.45) is 15.9. The molecule has 5 heteroatoms. The van der Waals surface area contributed by atoms with Gasteiger partial charge in [-0.2, -0.15) is 0 Å². The average Bonchev–Trinajstić information content (AvgIpc) is 3.63. The lowest BCUT2D eigenvalue weighted by Gasteiger charge is -2.40. The first-order valence-corrected chi connectivity index (χ1v) is 25.2. The lowest BCUT2D eigenvalue weighted by atomic mass is 10.1. The summed E-state index contributed by atoms with van der Waals surface area (Å²) in [7, 11) is -6.06. The normalized spacial score (nSPS) is 17.8. The largest absolute Gasteiger partial charge is 0.543 e. The topological polar surface area (TPSA) is 18.5 Å². The summed E-state index contributed by atoms with van der Waals surface area (Å²) in [6, 6.07) is 15.9. The highest BCUT2D eigenvalue weighted by molar-refractivity contribution is 6.81. The van der Waals surface area contributed by atoms with E-state index in [9.17, 15) is 0 Å². The number of fused-ring (bicyclic) bond motifs is 2. The van der Waals surface area contributed by atoms with Crippen LogP contribution in [0.1, 0.15) is 102 Å². The second kappa shape index (κ2) is 14.2. The van der Waals surface area contributed by atoms with E-state index in [4.69, 9.17) is 8.85 Å². The summed E-state index contributed by atoms with van der Waals surface area (Å²) in [5.74, 6) is 2.19. The van der Waals surface area contributed by atoms with Crippen LogP contribution in [0.15, 0.2) is 73.9 Å². The molecule has 0 fully saturated rings. The molecule has 2 aliphatic rings. The van der Waals surface area contributed by atoms with Crippen molar-refractivity contribution in [3.8, 4) is 11.5 Å². The van der Waals surface area contributed by atoms with Crippen molar-refractivity contribution in [3.63, 3.8) is 0 Å². The maximum Gasteiger partial charge on any atom is 0.256 e. The molecule has 0 radical (unpaired) electrons. The Labute approximate surface area is 279 Å². The number of hydrogen-bond donors (Lipinski definition) is 0. The van der Waals surface area contributed by atoms with Gasteiger partial charge in [0.1, 0.15) is 11.5 Å². The van der Waals surface area contributed by atoms with Crippen LogP contribution in [0.2, 0.25) is 47.3 Å². The van der Waals surface area contributed by atoms with Crippen molar-refractivity contribution in [3.05, 3.63) is 96.1 Å². The molecule has 2 unspecified atom stereocenters. The van der Waals surface area contributed by atoms with E-state index < -0.39 is 24.7 Å². The molecule has 0 aliphatic heterocycles. The van der Waals surface area contributed by atoms with Gasteiger partial charge in [-0.05, 0) is 81.4 Å². The monoisotopic (exact) mass is 656 g/mol. The number of allylic oxidation sites excluding steroid dienone is 4. The van der Waals surface area contributed by atoms with E-state index in [0.29, 0.717) is 33.2 Å². The molecule has 2 aromatic carbocycles. The predicted octanol–water partition coefficient (Wildman–Crippen LogP) is 12.8. The zero-order valence-electron chi connectivity index (χ0n) is 30.0. The molecule has 0 bridgehead atoms. The van der Waals surface area contributed by atoms with Crippen molar-refractivity contribution in [1.82, 2.24) is 0 Å². The summed E-state index contributed by atoms with van der Waals surface area (Å²) in [4.78, 5) is 0. The fourth-order valence-corrected chi connectivity index (χ4v) is 20.7. The minimum absolute atomic E-state index is 0.427. The lowest BCUT2D eigenvalue weighted by molar-refractivity contribution is 0.493. The summed E-state index contributed by atoms with van der Waals surface area (Å²) in [5, 5.41) is 0.